The molecule has 2 heterocycles. The highest BCUT2D eigenvalue weighted by atomic mass is 32.2. The van der Waals surface area contributed by atoms with Crippen LogP contribution in [-0.2, 0) is 10.5 Å². The number of nitrogens with zero attached hydrogens (tertiary/aromatic N) is 1. The Balaban J connectivity index is 1.65. The van der Waals surface area contributed by atoms with E-state index in [0.717, 1.165) is 5.56 Å². The van der Waals surface area contributed by atoms with Crippen molar-refractivity contribution in [1.29, 1.82) is 0 Å². The number of hydrogen-bond donors (Lipinski definition) is 3. The number of H-pyrrole nitrogens is 1. The smallest absolute Gasteiger partial charge is 0.257 e. The lowest BCUT2D eigenvalue weighted by molar-refractivity contribution is -0.116. The van der Waals surface area contributed by atoms with E-state index in [4.69, 9.17) is 0 Å². The van der Waals surface area contributed by atoms with E-state index >= 15 is 0 Å². The third-order valence-electron chi connectivity index (χ3n) is 4.70. The van der Waals surface area contributed by atoms with Gasteiger partial charge in [0, 0.05) is 18.1 Å². The van der Waals surface area contributed by atoms with Gasteiger partial charge < -0.3 is 15.4 Å². The first-order valence-corrected chi connectivity index (χ1v) is 9.89. The molecule has 0 radical (unpaired) electrons. The van der Waals surface area contributed by atoms with Crippen LogP contribution in [0.15, 0.2) is 58.5 Å². The van der Waals surface area contributed by atoms with Crippen molar-refractivity contribution in [2.75, 3.05) is 5.32 Å². The SMILES string of the molecule is Cc1ccc(CSc2nc3c(c(=O)[nH]2)C(c2cccc(O)c2)CC(=O)N3)cc1. The van der Waals surface area contributed by atoms with Gasteiger partial charge in [0.15, 0.2) is 5.16 Å². The molecule has 3 N–H and O–H groups in total. The fraction of sp³-hybridized carbons (Fsp3) is 0.190. The quantitative estimate of drug-likeness (QED) is 0.465. The van der Waals surface area contributed by atoms with Crippen molar-refractivity contribution < 1.29 is 9.90 Å². The zero-order valence-corrected chi connectivity index (χ0v) is 16.0. The summed E-state index contributed by atoms with van der Waals surface area (Å²) in [6.45, 7) is 2.03. The maximum Gasteiger partial charge on any atom is 0.257 e. The van der Waals surface area contributed by atoms with Crippen LogP contribution in [0.2, 0.25) is 0 Å². The zero-order chi connectivity index (χ0) is 19.7. The first kappa shape index (κ1) is 18.3. The number of carbonyl (C=O) groups excluding carboxylic acids is 1. The summed E-state index contributed by atoms with van der Waals surface area (Å²) < 4.78 is 0. The fourth-order valence-corrected chi connectivity index (χ4v) is 4.10. The van der Waals surface area contributed by atoms with Crippen molar-refractivity contribution in [1.82, 2.24) is 9.97 Å². The van der Waals surface area contributed by atoms with Crippen LogP contribution in [0.4, 0.5) is 5.82 Å². The van der Waals surface area contributed by atoms with E-state index < -0.39 is 5.92 Å². The number of phenols is 1. The van der Waals surface area contributed by atoms with Crippen LogP contribution in [0.25, 0.3) is 0 Å². The van der Waals surface area contributed by atoms with E-state index in [0.29, 0.717) is 27.9 Å². The Bertz CT molecular complexity index is 1090. The highest BCUT2D eigenvalue weighted by Crippen LogP contribution is 2.35. The third kappa shape index (κ3) is 3.80. The Labute approximate surface area is 166 Å². The van der Waals surface area contributed by atoms with Crippen LogP contribution in [0.1, 0.15) is 34.6 Å². The number of carbonyl (C=O) groups is 1. The largest absolute Gasteiger partial charge is 0.508 e. The first-order chi connectivity index (χ1) is 13.5. The molecule has 3 aromatic rings. The summed E-state index contributed by atoms with van der Waals surface area (Å²) >= 11 is 1.41. The van der Waals surface area contributed by atoms with E-state index in [2.05, 4.69) is 15.3 Å². The van der Waals surface area contributed by atoms with Crippen LogP contribution in [0.5, 0.6) is 5.75 Å². The Kier molecular flexibility index (Phi) is 4.92. The van der Waals surface area contributed by atoms with Crippen molar-refractivity contribution >= 4 is 23.5 Å². The van der Waals surface area contributed by atoms with Crippen LogP contribution in [0.3, 0.4) is 0 Å². The predicted octanol–water partition coefficient (Wildman–Crippen LogP) is 3.55. The van der Waals surface area contributed by atoms with E-state index in [9.17, 15) is 14.7 Å². The summed E-state index contributed by atoms with van der Waals surface area (Å²) in [5.41, 5.74) is 3.17. The molecular weight excluding hydrogens is 374 g/mol. The molecule has 2 aromatic carbocycles. The number of fused-ring (bicyclic) bond motifs is 1. The van der Waals surface area contributed by atoms with Crippen molar-refractivity contribution in [3.8, 4) is 5.75 Å². The summed E-state index contributed by atoms with van der Waals surface area (Å²) in [6.07, 6.45) is 0.136. The maximum absolute atomic E-state index is 12.8. The molecule has 0 spiro atoms. The molecule has 1 unspecified atom stereocenters. The van der Waals surface area contributed by atoms with Crippen molar-refractivity contribution in [3.63, 3.8) is 0 Å². The Morgan fingerprint density at radius 2 is 1.96 bits per heavy atom. The molecule has 6 nitrogen and oxygen atoms in total. The lowest BCUT2D eigenvalue weighted by atomic mass is 9.87. The Morgan fingerprint density at radius 1 is 1.18 bits per heavy atom. The van der Waals surface area contributed by atoms with Gasteiger partial charge in [0.05, 0.1) is 5.56 Å². The van der Waals surface area contributed by atoms with Gasteiger partial charge in [0.1, 0.15) is 11.6 Å². The highest BCUT2D eigenvalue weighted by molar-refractivity contribution is 7.98. The molecule has 0 aliphatic carbocycles. The van der Waals surface area contributed by atoms with Gasteiger partial charge in [0.2, 0.25) is 5.91 Å². The highest BCUT2D eigenvalue weighted by Gasteiger charge is 2.31. The summed E-state index contributed by atoms with van der Waals surface area (Å²) in [4.78, 5) is 32.3. The van der Waals surface area contributed by atoms with Crippen LogP contribution in [0, 0.1) is 6.92 Å². The van der Waals surface area contributed by atoms with Gasteiger partial charge in [-0.2, -0.15) is 0 Å². The van der Waals surface area contributed by atoms with E-state index in [1.54, 1.807) is 24.3 Å². The van der Waals surface area contributed by atoms with Gasteiger partial charge >= 0.3 is 0 Å². The number of aromatic nitrogens is 2. The predicted molar refractivity (Wildman–Crippen MR) is 109 cm³/mol. The van der Waals surface area contributed by atoms with Gasteiger partial charge in [-0.15, -0.1) is 0 Å². The zero-order valence-electron chi connectivity index (χ0n) is 15.2. The molecule has 1 amide bonds. The number of thioether (sulfide) groups is 1. The average Bonchev–Trinajstić information content (AvgIpc) is 2.66. The van der Waals surface area contributed by atoms with Crippen molar-refractivity contribution in [2.45, 2.75) is 30.2 Å². The fourth-order valence-electron chi connectivity index (χ4n) is 3.28. The normalized spacial score (nSPS) is 15.8. The number of aromatic amines is 1. The standard InChI is InChI=1S/C21H19N3O3S/c1-12-5-7-13(8-6-12)11-28-21-23-19-18(20(27)24-21)16(10-17(26)22-19)14-3-2-4-15(25)9-14/h2-9,16,25H,10-11H2,1H3,(H2,22,23,24,26,27). The van der Waals surface area contributed by atoms with Crippen molar-refractivity contribution in [3.05, 3.63) is 81.1 Å². The monoisotopic (exact) mass is 393 g/mol. The molecule has 1 aromatic heterocycles. The van der Waals surface area contributed by atoms with Crippen molar-refractivity contribution in [2.24, 2.45) is 0 Å². The molecule has 0 saturated heterocycles. The van der Waals surface area contributed by atoms with Crippen LogP contribution in [-0.4, -0.2) is 21.0 Å². The van der Waals surface area contributed by atoms with E-state index in [1.807, 2.05) is 31.2 Å². The van der Waals surface area contributed by atoms with Gasteiger partial charge in [-0.25, -0.2) is 4.98 Å². The molecule has 1 aliphatic heterocycles. The molecule has 142 valence electrons. The molecule has 1 aliphatic rings. The third-order valence-corrected chi connectivity index (χ3v) is 5.64. The number of phenolic OH excluding ortho intramolecular Hbond substituents is 1. The number of amides is 1. The number of aromatic hydroxyl groups is 1. The number of anilines is 1. The van der Waals surface area contributed by atoms with Crippen LogP contribution < -0.4 is 10.9 Å². The second-order valence-corrected chi connectivity index (χ2v) is 7.77. The van der Waals surface area contributed by atoms with Gasteiger partial charge in [0.25, 0.3) is 5.56 Å². The lowest BCUT2D eigenvalue weighted by Gasteiger charge is -2.24. The molecule has 0 fully saturated rings. The van der Waals surface area contributed by atoms with E-state index in [1.165, 1.54) is 17.3 Å². The lowest BCUT2D eigenvalue weighted by Crippen LogP contribution is -2.31. The molecule has 1 atom stereocenters. The molecule has 0 bridgehead atoms. The molecule has 4 rings (SSSR count). The average molecular weight is 393 g/mol. The minimum Gasteiger partial charge on any atom is -0.508 e. The topological polar surface area (TPSA) is 95.1 Å². The first-order valence-electron chi connectivity index (χ1n) is 8.91. The summed E-state index contributed by atoms with van der Waals surface area (Å²) in [7, 11) is 0. The van der Waals surface area contributed by atoms with Gasteiger partial charge in [-0.1, -0.05) is 53.7 Å². The minimum atomic E-state index is -0.441. The second-order valence-electron chi connectivity index (χ2n) is 6.81. The van der Waals surface area contributed by atoms with Gasteiger partial charge in [-0.3, -0.25) is 9.59 Å². The number of hydrogen-bond acceptors (Lipinski definition) is 5. The summed E-state index contributed by atoms with van der Waals surface area (Å²) in [6, 6.07) is 14.8. The number of rotatable bonds is 4. The number of aryl methyl sites for hydroxylation is 1. The summed E-state index contributed by atoms with van der Waals surface area (Å²) in [5, 5.41) is 12.9. The molecular formula is C21H19N3O3S. The summed E-state index contributed by atoms with van der Waals surface area (Å²) in [5.74, 6) is 0.405. The molecule has 0 saturated carbocycles. The van der Waals surface area contributed by atoms with Crippen LogP contribution >= 0.6 is 11.8 Å². The van der Waals surface area contributed by atoms with Gasteiger partial charge in [-0.05, 0) is 30.2 Å². The molecule has 28 heavy (non-hydrogen) atoms. The van der Waals surface area contributed by atoms with E-state index in [-0.39, 0.29) is 23.6 Å². The maximum atomic E-state index is 12.8. The second kappa shape index (κ2) is 7.52. The Morgan fingerprint density at radius 3 is 2.71 bits per heavy atom. The molecule has 7 heteroatoms. The minimum absolute atomic E-state index is 0.0969. The number of benzene rings is 2. The number of nitrogens with one attached hydrogen (secondary N) is 2. The Hall–Kier alpha value is -3.06.